The molecular weight excluding hydrogens is 404 g/mol. The second kappa shape index (κ2) is 9.22. The molecule has 0 saturated carbocycles. The van der Waals surface area contributed by atoms with Crippen LogP contribution in [0.15, 0.2) is 54.1 Å². The summed E-state index contributed by atoms with van der Waals surface area (Å²) in [4.78, 5) is 13.9. The molecular formula is C27H36O5. The summed E-state index contributed by atoms with van der Waals surface area (Å²) < 4.78 is 25.3. The summed E-state index contributed by atoms with van der Waals surface area (Å²) in [7, 11) is 0. The summed E-state index contributed by atoms with van der Waals surface area (Å²) in [6.45, 7) is 12.3. The topological polar surface area (TPSA) is 54.0 Å². The summed E-state index contributed by atoms with van der Waals surface area (Å²) in [6, 6.07) is 10.0. The van der Waals surface area contributed by atoms with Crippen molar-refractivity contribution in [2.45, 2.75) is 96.3 Å². The van der Waals surface area contributed by atoms with E-state index in [1.165, 1.54) is 11.1 Å². The first-order chi connectivity index (χ1) is 15.3. The van der Waals surface area contributed by atoms with E-state index in [9.17, 15) is 4.79 Å². The lowest BCUT2D eigenvalue weighted by molar-refractivity contribution is -0.238. The minimum atomic E-state index is -0.927. The van der Waals surface area contributed by atoms with Crippen molar-refractivity contribution in [2.75, 3.05) is 0 Å². The fourth-order valence-corrected chi connectivity index (χ4v) is 5.20. The fourth-order valence-electron chi connectivity index (χ4n) is 5.20. The second-order valence-electron chi connectivity index (χ2n) is 9.90. The number of hydrogen-bond acceptors (Lipinski definition) is 5. The first kappa shape index (κ1) is 23.4. The maximum Gasteiger partial charge on any atom is 0.191 e. The Kier molecular flexibility index (Phi) is 6.73. The number of ketones is 1. The molecule has 3 aliphatic rings. The number of allylic oxidation sites excluding steroid dienone is 3. The Morgan fingerprint density at radius 1 is 1.19 bits per heavy atom. The zero-order valence-electron chi connectivity index (χ0n) is 19.8. The zero-order chi connectivity index (χ0) is 22.9. The van der Waals surface area contributed by atoms with Crippen LogP contribution in [0.3, 0.4) is 0 Å². The first-order valence-corrected chi connectivity index (χ1v) is 11.7. The van der Waals surface area contributed by atoms with E-state index in [0.29, 0.717) is 19.4 Å². The molecule has 5 heteroatoms. The summed E-state index contributed by atoms with van der Waals surface area (Å²) in [6.07, 6.45) is 3.89. The number of carbonyl (C=O) groups is 1. The molecule has 0 unspecified atom stereocenters. The molecule has 0 amide bonds. The molecule has 1 aliphatic carbocycles. The third kappa shape index (κ3) is 4.49. The molecule has 1 aromatic rings. The molecule has 174 valence electrons. The maximum absolute atomic E-state index is 13.9. The van der Waals surface area contributed by atoms with Crippen LogP contribution in [0.25, 0.3) is 0 Å². The van der Waals surface area contributed by atoms with Crippen molar-refractivity contribution in [1.29, 1.82) is 0 Å². The van der Waals surface area contributed by atoms with Gasteiger partial charge in [0.05, 0.1) is 6.61 Å². The highest BCUT2D eigenvalue weighted by molar-refractivity contribution is 5.87. The predicted octanol–water partition coefficient (Wildman–Crippen LogP) is 5.49. The van der Waals surface area contributed by atoms with Gasteiger partial charge in [0.1, 0.15) is 11.7 Å². The van der Waals surface area contributed by atoms with Crippen LogP contribution in [-0.2, 0) is 30.3 Å². The van der Waals surface area contributed by atoms with Gasteiger partial charge in [-0.2, -0.15) is 0 Å². The van der Waals surface area contributed by atoms with Crippen LogP contribution in [0.5, 0.6) is 0 Å². The molecule has 2 fully saturated rings. The number of Topliss-reactive ketones (excluding diaryl/α,β-unsaturated/α-hetero) is 1. The van der Waals surface area contributed by atoms with Gasteiger partial charge in [-0.1, -0.05) is 47.6 Å². The van der Waals surface area contributed by atoms with E-state index in [-0.39, 0.29) is 11.7 Å². The molecule has 0 aromatic heterocycles. The lowest BCUT2D eigenvalue weighted by atomic mass is 9.76. The van der Waals surface area contributed by atoms with Gasteiger partial charge < -0.3 is 18.9 Å². The van der Waals surface area contributed by atoms with Crippen molar-refractivity contribution in [3.63, 3.8) is 0 Å². The van der Waals surface area contributed by atoms with Gasteiger partial charge in [0.25, 0.3) is 0 Å². The van der Waals surface area contributed by atoms with Gasteiger partial charge >= 0.3 is 0 Å². The summed E-state index contributed by atoms with van der Waals surface area (Å²) in [5.74, 6) is -0.757. The van der Waals surface area contributed by atoms with Crippen LogP contribution >= 0.6 is 0 Å². The Bertz CT molecular complexity index is 873. The van der Waals surface area contributed by atoms with Crippen LogP contribution in [0.4, 0.5) is 0 Å². The smallest absolute Gasteiger partial charge is 0.191 e. The Hall–Kier alpha value is -1.79. The van der Waals surface area contributed by atoms with Crippen LogP contribution in [-0.4, -0.2) is 35.7 Å². The standard InChI is InChI=1S/C27H36O5/c1-6-7-15-27(29-17-20-11-9-8-10-12-20)23(30-25-24(27)31-26(4,5)32-25)22(28)21-14-13-18(2)19(3)16-21/h6,8-12,21,23-25H,1,7,13-17H2,2-5H3/t21-,23-,24+,25-,27-/m1/s1. The molecule has 1 aromatic carbocycles. The molecule has 4 rings (SSSR count). The summed E-state index contributed by atoms with van der Waals surface area (Å²) >= 11 is 0. The number of benzene rings is 1. The maximum atomic E-state index is 13.9. The van der Waals surface area contributed by atoms with Gasteiger partial charge in [0, 0.05) is 5.92 Å². The normalized spacial score (nSPS) is 33.9. The highest BCUT2D eigenvalue weighted by Crippen LogP contribution is 2.49. The Morgan fingerprint density at radius 2 is 1.94 bits per heavy atom. The molecule has 0 spiro atoms. The van der Waals surface area contributed by atoms with Gasteiger partial charge in [-0.05, 0) is 65.4 Å². The van der Waals surface area contributed by atoms with Crippen molar-refractivity contribution in [1.82, 2.24) is 0 Å². The molecule has 0 radical (unpaired) electrons. The molecule has 2 saturated heterocycles. The lowest BCUT2D eigenvalue weighted by Gasteiger charge is -2.39. The van der Waals surface area contributed by atoms with Gasteiger partial charge in [-0.25, -0.2) is 0 Å². The lowest BCUT2D eigenvalue weighted by Crippen LogP contribution is -2.55. The minimum Gasteiger partial charge on any atom is -0.364 e. The van der Waals surface area contributed by atoms with E-state index < -0.39 is 29.9 Å². The first-order valence-electron chi connectivity index (χ1n) is 11.7. The number of ether oxygens (including phenoxy) is 4. The molecule has 0 bridgehead atoms. The third-order valence-corrected chi connectivity index (χ3v) is 7.15. The number of hydrogen-bond donors (Lipinski definition) is 0. The molecule has 2 heterocycles. The monoisotopic (exact) mass is 440 g/mol. The van der Waals surface area contributed by atoms with Gasteiger partial charge in [-0.15, -0.1) is 6.58 Å². The molecule has 5 atom stereocenters. The predicted molar refractivity (Wildman–Crippen MR) is 123 cm³/mol. The minimum absolute atomic E-state index is 0.0704. The third-order valence-electron chi connectivity index (χ3n) is 7.15. The van der Waals surface area contributed by atoms with Crippen molar-refractivity contribution in [2.24, 2.45) is 5.92 Å². The highest BCUT2D eigenvalue weighted by Gasteiger charge is 2.66. The molecule has 2 aliphatic heterocycles. The van der Waals surface area contributed by atoms with Crippen LogP contribution in [0, 0.1) is 5.92 Å². The largest absolute Gasteiger partial charge is 0.364 e. The number of fused-ring (bicyclic) bond motifs is 1. The van der Waals surface area contributed by atoms with Crippen LogP contribution in [0.1, 0.15) is 65.4 Å². The molecule has 5 nitrogen and oxygen atoms in total. The number of carbonyl (C=O) groups excluding carboxylic acids is 1. The van der Waals surface area contributed by atoms with Crippen molar-refractivity contribution >= 4 is 5.78 Å². The van der Waals surface area contributed by atoms with Crippen molar-refractivity contribution < 1.29 is 23.7 Å². The van der Waals surface area contributed by atoms with Crippen molar-refractivity contribution in [3.8, 4) is 0 Å². The summed E-state index contributed by atoms with van der Waals surface area (Å²) in [5.41, 5.74) is 2.82. The van der Waals surface area contributed by atoms with E-state index in [1.54, 1.807) is 0 Å². The Labute approximate surface area is 191 Å². The highest BCUT2D eigenvalue weighted by atomic mass is 16.8. The van der Waals surface area contributed by atoms with E-state index in [2.05, 4.69) is 20.4 Å². The fraction of sp³-hybridized carbons (Fsp3) is 0.593. The van der Waals surface area contributed by atoms with E-state index >= 15 is 0 Å². The second-order valence-corrected chi connectivity index (χ2v) is 9.90. The van der Waals surface area contributed by atoms with Gasteiger partial charge in [0.2, 0.25) is 0 Å². The van der Waals surface area contributed by atoms with Gasteiger partial charge in [-0.3, -0.25) is 4.79 Å². The molecule has 0 N–H and O–H groups in total. The Balaban J connectivity index is 1.66. The summed E-state index contributed by atoms with van der Waals surface area (Å²) in [5, 5.41) is 0. The van der Waals surface area contributed by atoms with Crippen LogP contribution in [0.2, 0.25) is 0 Å². The zero-order valence-corrected chi connectivity index (χ0v) is 19.8. The molecule has 32 heavy (non-hydrogen) atoms. The van der Waals surface area contributed by atoms with E-state index in [0.717, 1.165) is 24.8 Å². The quantitative estimate of drug-likeness (QED) is 0.500. The van der Waals surface area contributed by atoms with E-state index in [4.69, 9.17) is 18.9 Å². The SMILES string of the molecule is C=CCC[C@@]1(OCc2ccccc2)[C@@H](C(=O)[C@@H]2CCC(C)=C(C)C2)O[C@@H]2OC(C)(C)O[C@@H]21. The van der Waals surface area contributed by atoms with Crippen LogP contribution < -0.4 is 0 Å². The average Bonchev–Trinajstić information content (AvgIpc) is 3.23. The van der Waals surface area contributed by atoms with E-state index in [1.807, 2.05) is 50.3 Å². The van der Waals surface area contributed by atoms with Gasteiger partial charge in [0.15, 0.2) is 24.0 Å². The Morgan fingerprint density at radius 3 is 2.62 bits per heavy atom. The van der Waals surface area contributed by atoms with Crippen molar-refractivity contribution in [3.05, 3.63) is 59.7 Å². The number of rotatable bonds is 8. The average molecular weight is 441 g/mol.